The zero-order valence-electron chi connectivity index (χ0n) is 12.7. The van der Waals surface area contributed by atoms with E-state index < -0.39 is 0 Å². The van der Waals surface area contributed by atoms with Gasteiger partial charge in [-0.1, -0.05) is 31.9 Å². The molecule has 1 N–H and O–H groups in total. The fraction of sp³-hybridized carbons (Fsp3) is 0.500. The first-order chi connectivity index (χ1) is 10.2. The van der Waals surface area contributed by atoms with Crippen molar-refractivity contribution in [2.45, 2.75) is 38.6 Å². The van der Waals surface area contributed by atoms with Gasteiger partial charge in [0.15, 0.2) is 5.82 Å². The number of nitrogens with zero attached hydrogens (tertiary/aromatic N) is 3. The topological polar surface area (TPSA) is 42.7 Å². The third-order valence-electron chi connectivity index (χ3n) is 3.51. The van der Waals surface area contributed by atoms with Crippen LogP contribution < -0.4 is 5.32 Å². The van der Waals surface area contributed by atoms with Gasteiger partial charge in [-0.15, -0.1) is 0 Å². The van der Waals surface area contributed by atoms with Gasteiger partial charge in [0.2, 0.25) is 0 Å². The second-order valence-electron chi connectivity index (χ2n) is 5.28. The molecule has 1 heterocycles. The molecule has 0 aliphatic carbocycles. The number of unbranched alkanes of at least 4 members (excludes halogenated alkanes) is 1. The summed E-state index contributed by atoms with van der Waals surface area (Å²) in [6.07, 6.45) is 5.87. The van der Waals surface area contributed by atoms with Crippen LogP contribution in [0.5, 0.6) is 0 Å². The van der Waals surface area contributed by atoms with Crippen molar-refractivity contribution in [3.8, 4) is 0 Å². The second kappa shape index (κ2) is 7.88. The molecular formula is C16H23FN4. The van der Waals surface area contributed by atoms with E-state index in [1.54, 1.807) is 11.0 Å². The van der Waals surface area contributed by atoms with Crippen LogP contribution in [0, 0.1) is 5.82 Å². The molecule has 0 spiro atoms. The maximum absolute atomic E-state index is 13.0. The van der Waals surface area contributed by atoms with Gasteiger partial charge in [0, 0.05) is 26.1 Å². The molecule has 0 bridgehead atoms. The van der Waals surface area contributed by atoms with E-state index in [0.29, 0.717) is 0 Å². The highest BCUT2D eigenvalue weighted by Crippen LogP contribution is 2.19. The summed E-state index contributed by atoms with van der Waals surface area (Å²) < 4.78 is 14.8. The van der Waals surface area contributed by atoms with Crippen LogP contribution in [0.25, 0.3) is 0 Å². The van der Waals surface area contributed by atoms with Crippen molar-refractivity contribution in [1.29, 1.82) is 0 Å². The van der Waals surface area contributed by atoms with E-state index in [-0.39, 0.29) is 11.9 Å². The summed E-state index contributed by atoms with van der Waals surface area (Å²) in [5, 5.41) is 7.81. The molecule has 2 rings (SSSR count). The molecule has 1 aromatic heterocycles. The highest BCUT2D eigenvalue weighted by Gasteiger charge is 2.11. The number of hydrogen-bond donors (Lipinski definition) is 1. The van der Waals surface area contributed by atoms with E-state index in [1.807, 2.05) is 19.2 Å². The minimum absolute atomic E-state index is 0.189. The third-order valence-corrected chi connectivity index (χ3v) is 3.51. The quantitative estimate of drug-likeness (QED) is 0.812. The molecule has 2 aromatic rings. The third kappa shape index (κ3) is 4.93. The summed E-state index contributed by atoms with van der Waals surface area (Å²) in [4.78, 5) is 4.22. The minimum atomic E-state index is -0.189. The van der Waals surface area contributed by atoms with Gasteiger partial charge < -0.3 is 5.32 Å². The summed E-state index contributed by atoms with van der Waals surface area (Å²) in [6.45, 7) is 3.00. The van der Waals surface area contributed by atoms with Gasteiger partial charge in [-0.25, -0.2) is 9.37 Å². The van der Waals surface area contributed by atoms with Crippen LogP contribution in [-0.2, 0) is 13.5 Å². The highest BCUT2D eigenvalue weighted by atomic mass is 19.1. The molecule has 0 fully saturated rings. The van der Waals surface area contributed by atoms with E-state index in [1.165, 1.54) is 12.1 Å². The Kier molecular flexibility index (Phi) is 5.87. The van der Waals surface area contributed by atoms with Crippen molar-refractivity contribution in [3.05, 3.63) is 47.8 Å². The SMILES string of the molecule is CCCCC(NCCc1ncn(C)n1)c1ccc(F)cc1. The Labute approximate surface area is 125 Å². The minimum Gasteiger partial charge on any atom is -0.309 e. The molecule has 5 heteroatoms. The number of rotatable bonds is 8. The van der Waals surface area contributed by atoms with Crippen molar-refractivity contribution in [3.63, 3.8) is 0 Å². The molecule has 1 aromatic carbocycles. The normalized spacial score (nSPS) is 12.5. The van der Waals surface area contributed by atoms with Crippen molar-refractivity contribution in [1.82, 2.24) is 20.1 Å². The fourth-order valence-corrected chi connectivity index (χ4v) is 2.35. The first kappa shape index (κ1) is 15.6. The van der Waals surface area contributed by atoms with Crippen LogP contribution >= 0.6 is 0 Å². The van der Waals surface area contributed by atoms with Crippen LogP contribution in [-0.4, -0.2) is 21.3 Å². The average molecular weight is 290 g/mol. The number of aryl methyl sites for hydroxylation is 1. The largest absolute Gasteiger partial charge is 0.309 e. The summed E-state index contributed by atoms with van der Waals surface area (Å²) in [7, 11) is 1.87. The van der Waals surface area contributed by atoms with E-state index in [0.717, 1.165) is 43.6 Å². The Balaban J connectivity index is 1.91. The van der Waals surface area contributed by atoms with Gasteiger partial charge in [-0.05, 0) is 24.1 Å². The standard InChI is InChI=1S/C16H23FN4/c1-3-4-5-15(13-6-8-14(17)9-7-13)18-11-10-16-19-12-21(2)20-16/h6-9,12,15,18H,3-5,10-11H2,1-2H3. The van der Waals surface area contributed by atoms with Gasteiger partial charge in [0.25, 0.3) is 0 Å². The van der Waals surface area contributed by atoms with Crippen LogP contribution in [0.4, 0.5) is 4.39 Å². The average Bonchev–Trinajstić information content (AvgIpc) is 2.89. The number of aromatic nitrogens is 3. The van der Waals surface area contributed by atoms with Crippen molar-refractivity contribution >= 4 is 0 Å². The summed E-state index contributed by atoms with van der Waals surface area (Å²) >= 11 is 0. The monoisotopic (exact) mass is 290 g/mol. The first-order valence-corrected chi connectivity index (χ1v) is 7.52. The van der Waals surface area contributed by atoms with Crippen molar-refractivity contribution in [2.75, 3.05) is 6.54 Å². The lowest BCUT2D eigenvalue weighted by molar-refractivity contribution is 0.480. The maximum Gasteiger partial charge on any atom is 0.151 e. The number of benzene rings is 1. The summed E-state index contributed by atoms with van der Waals surface area (Å²) in [6, 6.07) is 7.03. The molecule has 0 aliphatic heterocycles. The van der Waals surface area contributed by atoms with Gasteiger partial charge in [0.1, 0.15) is 12.1 Å². The first-order valence-electron chi connectivity index (χ1n) is 7.52. The highest BCUT2D eigenvalue weighted by molar-refractivity contribution is 5.19. The van der Waals surface area contributed by atoms with Crippen LogP contribution in [0.1, 0.15) is 43.6 Å². The Morgan fingerprint density at radius 2 is 2.05 bits per heavy atom. The van der Waals surface area contributed by atoms with Crippen LogP contribution in [0.15, 0.2) is 30.6 Å². The molecule has 4 nitrogen and oxygen atoms in total. The van der Waals surface area contributed by atoms with Gasteiger partial charge in [-0.3, -0.25) is 4.68 Å². The van der Waals surface area contributed by atoms with Gasteiger partial charge in [-0.2, -0.15) is 5.10 Å². The lowest BCUT2D eigenvalue weighted by Crippen LogP contribution is -2.24. The lowest BCUT2D eigenvalue weighted by Gasteiger charge is -2.18. The molecule has 0 aliphatic rings. The molecule has 0 amide bonds. The zero-order valence-corrected chi connectivity index (χ0v) is 12.7. The number of nitrogens with one attached hydrogen (secondary N) is 1. The molecule has 114 valence electrons. The lowest BCUT2D eigenvalue weighted by atomic mass is 10.0. The van der Waals surface area contributed by atoms with E-state index in [2.05, 4.69) is 22.3 Å². The molecular weight excluding hydrogens is 267 g/mol. The predicted octanol–water partition coefficient (Wildman–Crippen LogP) is 3.02. The zero-order chi connectivity index (χ0) is 15.1. The maximum atomic E-state index is 13.0. The van der Waals surface area contributed by atoms with E-state index in [9.17, 15) is 4.39 Å². The second-order valence-corrected chi connectivity index (χ2v) is 5.28. The Morgan fingerprint density at radius 1 is 1.29 bits per heavy atom. The molecule has 21 heavy (non-hydrogen) atoms. The number of halogens is 1. The smallest absolute Gasteiger partial charge is 0.151 e. The molecule has 1 atom stereocenters. The van der Waals surface area contributed by atoms with E-state index in [4.69, 9.17) is 0 Å². The number of hydrogen-bond acceptors (Lipinski definition) is 3. The molecule has 0 saturated carbocycles. The summed E-state index contributed by atoms with van der Waals surface area (Å²) in [5.74, 6) is 0.657. The van der Waals surface area contributed by atoms with E-state index >= 15 is 0 Å². The Hall–Kier alpha value is -1.75. The predicted molar refractivity (Wildman–Crippen MR) is 81.4 cm³/mol. The van der Waals surface area contributed by atoms with Crippen LogP contribution in [0.3, 0.4) is 0 Å². The molecule has 0 radical (unpaired) electrons. The molecule has 0 saturated heterocycles. The molecule has 1 unspecified atom stereocenters. The Morgan fingerprint density at radius 3 is 2.67 bits per heavy atom. The summed E-state index contributed by atoms with van der Waals surface area (Å²) in [5.41, 5.74) is 1.14. The van der Waals surface area contributed by atoms with Crippen molar-refractivity contribution < 1.29 is 4.39 Å². The van der Waals surface area contributed by atoms with Gasteiger partial charge >= 0.3 is 0 Å². The fourth-order valence-electron chi connectivity index (χ4n) is 2.35. The van der Waals surface area contributed by atoms with Crippen LogP contribution in [0.2, 0.25) is 0 Å². The van der Waals surface area contributed by atoms with Gasteiger partial charge in [0.05, 0.1) is 0 Å². The Bertz CT molecular complexity index is 535. The van der Waals surface area contributed by atoms with Crippen molar-refractivity contribution in [2.24, 2.45) is 7.05 Å².